The summed E-state index contributed by atoms with van der Waals surface area (Å²) in [5.41, 5.74) is 0.892. The first kappa shape index (κ1) is 21.9. The third-order valence-corrected chi connectivity index (χ3v) is 4.70. The first-order valence-corrected chi connectivity index (χ1v) is 10.0. The maximum absolute atomic E-state index is 12.6. The van der Waals surface area contributed by atoms with Gasteiger partial charge in [-0.25, -0.2) is 14.6 Å². The molecule has 1 saturated heterocycles. The van der Waals surface area contributed by atoms with Crippen molar-refractivity contribution in [2.45, 2.75) is 44.9 Å². The number of carbonyl (C=O) groups excluding carboxylic acids is 2. The fraction of sp³-hybridized carbons (Fsp3) is 0.409. The number of rotatable bonds is 4. The Labute approximate surface area is 180 Å². The Morgan fingerprint density at radius 1 is 1.17 bits per heavy atom. The second-order valence-corrected chi connectivity index (χ2v) is 8.41. The van der Waals surface area contributed by atoms with Gasteiger partial charge in [0.05, 0.1) is 19.3 Å². The molecule has 1 unspecified atom stereocenters. The van der Waals surface area contributed by atoms with Crippen molar-refractivity contribution in [2.75, 3.05) is 13.7 Å². The Balaban J connectivity index is 1.79. The molecular formula is C22H25ClN2O5. The molecule has 2 aromatic rings. The van der Waals surface area contributed by atoms with Gasteiger partial charge in [0.2, 0.25) is 0 Å². The Hall–Kier alpha value is -2.80. The van der Waals surface area contributed by atoms with Crippen LogP contribution in [-0.4, -0.2) is 53.3 Å². The largest absolute Gasteiger partial charge is 0.488 e. The van der Waals surface area contributed by atoms with Gasteiger partial charge >= 0.3 is 12.1 Å². The minimum atomic E-state index is -0.777. The highest BCUT2D eigenvalue weighted by Crippen LogP contribution is 2.29. The predicted octanol–water partition coefficient (Wildman–Crippen LogP) is 4.33. The van der Waals surface area contributed by atoms with E-state index in [2.05, 4.69) is 4.98 Å². The van der Waals surface area contributed by atoms with Gasteiger partial charge in [0.25, 0.3) is 0 Å². The van der Waals surface area contributed by atoms with E-state index < -0.39 is 29.8 Å². The van der Waals surface area contributed by atoms with Crippen LogP contribution in [0.2, 0.25) is 5.15 Å². The highest BCUT2D eigenvalue weighted by molar-refractivity contribution is 6.29. The van der Waals surface area contributed by atoms with Crippen LogP contribution in [0.15, 0.2) is 42.5 Å². The molecule has 1 aromatic heterocycles. The standard InChI is InChI=1S/C22H25ClN2O5/c1-22(2,3)30-21(27)25-13-16(11-18(25)20(26)28-4)29-15-10-17(24-19(23)12-15)14-8-6-5-7-9-14/h5-10,12,16,18H,11,13H2,1-4H3/t16?,18-/m0/s1. The summed E-state index contributed by atoms with van der Waals surface area (Å²) in [5, 5.41) is 0.290. The Kier molecular flexibility index (Phi) is 6.51. The van der Waals surface area contributed by atoms with Crippen molar-refractivity contribution in [3.63, 3.8) is 0 Å². The van der Waals surface area contributed by atoms with E-state index in [1.165, 1.54) is 12.0 Å². The van der Waals surface area contributed by atoms with Crippen molar-refractivity contribution in [1.29, 1.82) is 0 Å². The van der Waals surface area contributed by atoms with E-state index in [9.17, 15) is 9.59 Å². The lowest BCUT2D eigenvalue weighted by Gasteiger charge is -2.27. The zero-order valence-electron chi connectivity index (χ0n) is 17.4. The summed E-state index contributed by atoms with van der Waals surface area (Å²) in [6.45, 7) is 5.50. The van der Waals surface area contributed by atoms with Crippen molar-refractivity contribution in [3.8, 4) is 17.0 Å². The number of aromatic nitrogens is 1. The second kappa shape index (κ2) is 8.92. The molecule has 0 bridgehead atoms. The highest BCUT2D eigenvalue weighted by atomic mass is 35.5. The number of hydrogen-bond acceptors (Lipinski definition) is 6. The molecule has 1 amide bonds. The maximum Gasteiger partial charge on any atom is 0.411 e. The first-order valence-electron chi connectivity index (χ1n) is 9.63. The summed E-state index contributed by atoms with van der Waals surface area (Å²) in [6, 6.07) is 12.2. The summed E-state index contributed by atoms with van der Waals surface area (Å²) >= 11 is 6.19. The van der Waals surface area contributed by atoms with E-state index in [1.54, 1.807) is 32.9 Å². The number of esters is 1. The molecule has 1 aromatic carbocycles. The zero-order chi connectivity index (χ0) is 21.9. The van der Waals surface area contributed by atoms with Crippen LogP contribution >= 0.6 is 11.6 Å². The van der Waals surface area contributed by atoms with Gasteiger partial charge in [0.1, 0.15) is 28.6 Å². The number of ether oxygens (including phenoxy) is 3. The summed E-state index contributed by atoms with van der Waals surface area (Å²) in [7, 11) is 1.29. The number of amides is 1. The van der Waals surface area contributed by atoms with Gasteiger partial charge in [-0.15, -0.1) is 0 Å². The highest BCUT2D eigenvalue weighted by Gasteiger charge is 2.43. The fourth-order valence-corrected chi connectivity index (χ4v) is 3.45. The minimum Gasteiger partial charge on any atom is -0.488 e. The van der Waals surface area contributed by atoms with E-state index in [1.807, 2.05) is 30.3 Å². The first-order chi connectivity index (χ1) is 14.2. The number of carbonyl (C=O) groups is 2. The van der Waals surface area contributed by atoms with E-state index in [0.29, 0.717) is 11.4 Å². The summed E-state index contributed by atoms with van der Waals surface area (Å²) in [5.74, 6) is -0.00166. The topological polar surface area (TPSA) is 78.0 Å². The zero-order valence-corrected chi connectivity index (χ0v) is 18.2. The van der Waals surface area contributed by atoms with Gasteiger partial charge in [0.15, 0.2) is 0 Å². The monoisotopic (exact) mass is 432 g/mol. The Morgan fingerprint density at radius 3 is 2.50 bits per heavy atom. The molecule has 0 aliphatic carbocycles. The van der Waals surface area contributed by atoms with Gasteiger partial charge in [0, 0.05) is 24.1 Å². The number of halogens is 1. The van der Waals surface area contributed by atoms with Gasteiger partial charge < -0.3 is 14.2 Å². The Bertz CT molecular complexity index is 913. The van der Waals surface area contributed by atoms with Crippen molar-refractivity contribution >= 4 is 23.7 Å². The molecule has 1 aliphatic heterocycles. The molecule has 0 radical (unpaired) electrons. The van der Waals surface area contributed by atoms with Crippen molar-refractivity contribution in [2.24, 2.45) is 0 Å². The normalized spacial score (nSPS) is 18.8. The van der Waals surface area contributed by atoms with Crippen molar-refractivity contribution in [3.05, 3.63) is 47.6 Å². The second-order valence-electron chi connectivity index (χ2n) is 8.02. The third kappa shape index (κ3) is 5.42. The van der Waals surface area contributed by atoms with Crippen LogP contribution in [0, 0.1) is 0 Å². The predicted molar refractivity (Wildman–Crippen MR) is 112 cm³/mol. The molecule has 2 atom stereocenters. The molecule has 160 valence electrons. The van der Waals surface area contributed by atoms with Gasteiger partial charge in [-0.3, -0.25) is 4.90 Å². The summed E-state index contributed by atoms with van der Waals surface area (Å²) in [4.78, 5) is 30.5. The average Bonchev–Trinajstić information content (AvgIpc) is 3.10. The maximum atomic E-state index is 12.6. The van der Waals surface area contributed by atoms with E-state index in [-0.39, 0.29) is 18.1 Å². The van der Waals surface area contributed by atoms with Gasteiger partial charge in [-0.1, -0.05) is 41.9 Å². The molecule has 2 heterocycles. The lowest BCUT2D eigenvalue weighted by atomic mass is 10.1. The number of hydrogen-bond donors (Lipinski definition) is 0. The van der Waals surface area contributed by atoms with Crippen molar-refractivity contribution < 1.29 is 23.8 Å². The molecule has 1 aliphatic rings. The SMILES string of the molecule is COC(=O)[C@@H]1CC(Oc2cc(Cl)nc(-c3ccccc3)c2)CN1C(=O)OC(C)(C)C. The minimum absolute atomic E-state index is 0.190. The number of methoxy groups -OCH3 is 1. The number of likely N-dealkylation sites (tertiary alicyclic amines) is 1. The average molecular weight is 433 g/mol. The lowest BCUT2D eigenvalue weighted by Crippen LogP contribution is -2.44. The van der Waals surface area contributed by atoms with Crippen LogP contribution in [0.25, 0.3) is 11.3 Å². The lowest BCUT2D eigenvalue weighted by molar-refractivity contribution is -0.145. The van der Waals surface area contributed by atoms with Crippen LogP contribution in [0.5, 0.6) is 5.75 Å². The van der Waals surface area contributed by atoms with Crippen LogP contribution in [0.3, 0.4) is 0 Å². The molecule has 7 nitrogen and oxygen atoms in total. The third-order valence-electron chi connectivity index (χ3n) is 4.50. The van der Waals surface area contributed by atoms with Crippen LogP contribution in [0.1, 0.15) is 27.2 Å². The van der Waals surface area contributed by atoms with Gasteiger partial charge in [-0.05, 0) is 20.8 Å². The quantitative estimate of drug-likeness (QED) is 0.528. The number of pyridine rings is 1. The van der Waals surface area contributed by atoms with Crippen molar-refractivity contribution in [1.82, 2.24) is 9.88 Å². The molecule has 0 spiro atoms. The summed E-state index contributed by atoms with van der Waals surface area (Å²) < 4.78 is 16.4. The molecule has 30 heavy (non-hydrogen) atoms. The molecule has 8 heteroatoms. The smallest absolute Gasteiger partial charge is 0.411 e. The molecule has 3 rings (SSSR count). The molecule has 1 fully saturated rings. The van der Waals surface area contributed by atoms with Gasteiger partial charge in [-0.2, -0.15) is 0 Å². The van der Waals surface area contributed by atoms with Crippen LogP contribution < -0.4 is 4.74 Å². The number of benzene rings is 1. The Morgan fingerprint density at radius 2 is 1.87 bits per heavy atom. The number of nitrogens with zero attached hydrogens (tertiary/aromatic N) is 2. The fourth-order valence-electron chi connectivity index (χ4n) is 3.26. The van der Waals surface area contributed by atoms with E-state index in [4.69, 9.17) is 25.8 Å². The van der Waals surface area contributed by atoms with E-state index >= 15 is 0 Å². The summed E-state index contributed by atoms with van der Waals surface area (Å²) in [6.07, 6.45) is -0.725. The van der Waals surface area contributed by atoms with Crippen LogP contribution in [-0.2, 0) is 14.3 Å². The molecule has 0 N–H and O–H groups in total. The van der Waals surface area contributed by atoms with Crippen LogP contribution in [0.4, 0.5) is 4.79 Å². The molecular weight excluding hydrogens is 408 g/mol. The molecule has 0 saturated carbocycles. The van der Waals surface area contributed by atoms with E-state index in [0.717, 1.165) is 5.56 Å².